The van der Waals surface area contributed by atoms with E-state index in [1.807, 2.05) is 36.5 Å². The Labute approximate surface area is 642 Å². The number of phosphoric ester groups is 2. The van der Waals surface area contributed by atoms with Crippen molar-refractivity contribution in [2.45, 2.75) is 316 Å². The highest BCUT2D eigenvalue weighted by Crippen LogP contribution is 2.45. The molecule has 17 nitrogen and oxygen atoms in total. The molecule has 0 amide bonds. The van der Waals surface area contributed by atoms with Gasteiger partial charge < -0.3 is 33.8 Å². The average molecular weight is 1520 g/mol. The van der Waals surface area contributed by atoms with Gasteiger partial charge in [-0.2, -0.15) is 0 Å². The molecule has 602 valence electrons. The van der Waals surface area contributed by atoms with Crippen molar-refractivity contribution in [2.75, 3.05) is 39.6 Å². The summed E-state index contributed by atoms with van der Waals surface area (Å²) in [5.74, 6) is -2.40. The van der Waals surface area contributed by atoms with Crippen molar-refractivity contribution in [3.05, 3.63) is 170 Å². The number of carbonyl (C=O) groups excluding carboxylic acids is 4. The molecule has 0 aromatic rings. The molecule has 106 heavy (non-hydrogen) atoms. The largest absolute Gasteiger partial charge is 0.472 e. The first kappa shape index (κ1) is 100. The monoisotopic (exact) mass is 1520 g/mol. The number of unbranched alkanes of at least 4 members (excludes halogenated alkanes) is 20. The second-order valence-electron chi connectivity index (χ2n) is 26.2. The number of allylic oxidation sites excluding steroid dienone is 28. The molecule has 0 aliphatic rings. The Bertz CT molecular complexity index is 2680. The van der Waals surface area contributed by atoms with Gasteiger partial charge in [-0.25, -0.2) is 9.13 Å². The minimum atomic E-state index is -5.01. The van der Waals surface area contributed by atoms with Crippen molar-refractivity contribution in [2.24, 2.45) is 0 Å². The van der Waals surface area contributed by atoms with E-state index in [0.29, 0.717) is 38.5 Å². The number of hydrogen-bond acceptors (Lipinski definition) is 15. The van der Waals surface area contributed by atoms with Gasteiger partial charge in [0.15, 0.2) is 12.2 Å². The van der Waals surface area contributed by atoms with Crippen LogP contribution in [0.25, 0.3) is 0 Å². The maximum Gasteiger partial charge on any atom is 0.472 e. The lowest BCUT2D eigenvalue weighted by molar-refractivity contribution is -0.161. The van der Waals surface area contributed by atoms with Crippen LogP contribution in [0, 0.1) is 0 Å². The van der Waals surface area contributed by atoms with E-state index in [1.165, 1.54) is 64.2 Å². The fourth-order valence-electron chi connectivity index (χ4n) is 10.1. The molecule has 3 N–H and O–H groups in total. The Morgan fingerprint density at radius 1 is 0.274 bits per heavy atom. The van der Waals surface area contributed by atoms with Crippen molar-refractivity contribution in [1.29, 1.82) is 0 Å². The zero-order valence-electron chi connectivity index (χ0n) is 65.8. The third kappa shape index (κ3) is 76.6. The SMILES string of the molecule is CC/C=C\C/C=C\C/C=C\C/C=C\C/C=C\C/C=C\CCC(=O)OC[C@H](COP(=O)(O)OC[C@@H](O)COP(=O)(O)OC[C@@H](COC(=O)CCCCCCC/C=C\CCCCCC)OC(=O)CC/C=C\C/C=C\C/C=C\C/C=C\C/C=C\C/C=C\CC)OC(=O)CCCCCCC/C=C\CCCCCCCC. The zero-order chi connectivity index (χ0) is 77.4. The van der Waals surface area contributed by atoms with Gasteiger partial charge >= 0.3 is 39.5 Å². The lowest BCUT2D eigenvalue weighted by atomic mass is 10.1. The summed E-state index contributed by atoms with van der Waals surface area (Å²) in [7, 11) is -10.0. The van der Waals surface area contributed by atoms with Gasteiger partial charge in [0.25, 0.3) is 0 Å². The summed E-state index contributed by atoms with van der Waals surface area (Å²) in [4.78, 5) is 73.0. The molecule has 0 spiro atoms. The van der Waals surface area contributed by atoms with Crippen LogP contribution in [-0.4, -0.2) is 96.7 Å². The Balaban J connectivity index is 5.51. The van der Waals surface area contributed by atoms with Gasteiger partial charge in [-0.15, -0.1) is 0 Å². The van der Waals surface area contributed by atoms with Crippen LogP contribution in [0.5, 0.6) is 0 Å². The third-order valence-electron chi connectivity index (χ3n) is 16.2. The maximum absolute atomic E-state index is 13.1. The van der Waals surface area contributed by atoms with Crippen molar-refractivity contribution in [3.8, 4) is 0 Å². The smallest absolute Gasteiger partial charge is 0.462 e. The van der Waals surface area contributed by atoms with Gasteiger partial charge in [0.05, 0.1) is 26.4 Å². The fourth-order valence-corrected chi connectivity index (χ4v) is 11.7. The first-order valence-electron chi connectivity index (χ1n) is 40.4. The molecule has 0 aromatic carbocycles. The van der Waals surface area contributed by atoms with Gasteiger partial charge in [0.1, 0.15) is 19.3 Å². The van der Waals surface area contributed by atoms with Crippen LogP contribution >= 0.6 is 15.6 Å². The molecule has 0 heterocycles. The molecule has 0 aliphatic heterocycles. The fraction of sp³-hybridized carbons (Fsp3) is 0.632. The predicted molar refractivity (Wildman–Crippen MR) is 436 cm³/mol. The van der Waals surface area contributed by atoms with E-state index in [4.69, 9.17) is 37.0 Å². The van der Waals surface area contributed by atoms with Gasteiger partial charge in [0, 0.05) is 25.7 Å². The summed E-state index contributed by atoms with van der Waals surface area (Å²) in [5, 5.41) is 10.6. The van der Waals surface area contributed by atoms with Crippen LogP contribution in [0.2, 0.25) is 0 Å². The minimum absolute atomic E-state index is 0.0279. The highest BCUT2D eigenvalue weighted by Gasteiger charge is 2.30. The molecule has 19 heteroatoms. The lowest BCUT2D eigenvalue weighted by Crippen LogP contribution is -2.30. The Morgan fingerprint density at radius 3 is 0.840 bits per heavy atom. The summed E-state index contributed by atoms with van der Waals surface area (Å²) >= 11 is 0. The first-order valence-corrected chi connectivity index (χ1v) is 43.4. The Kier molecular flexibility index (Phi) is 73.5. The second-order valence-corrected chi connectivity index (χ2v) is 29.1. The molecule has 0 aromatic heterocycles. The quantitative estimate of drug-likeness (QED) is 0.0169. The molecule has 5 atom stereocenters. The van der Waals surface area contributed by atoms with Crippen molar-refractivity contribution >= 4 is 39.5 Å². The van der Waals surface area contributed by atoms with E-state index in [0.717, 1.165) is 141 Å². The van der Waals surface area contributed by atoms with E-state index in [9.17, 15) is 43.2 Å². The number of aliphatic hydroxyl groups is 1. The van der Waals surface area contributed by atoms with E-state index in [2.05, 4.69) is 161 Å². The molecule has 0 saturated heterocycles. The van der Waals surface area contributed by atoms with Gasteiger partial charge in [-0.1, -0.05) is 288 Å². The molecule has 0 radical (unpaired) electrons. The summed E-state index contributed by atoms with van der Waals surface area (Å²) in [6.07, 6.45) is 92.2. The van der Waals surface area contributed by atoms with E-state index >= 15 is 0 Å². The van der Waals surface area contributed by atoms with E-state index in [1.54, 1.807) is 0 Å². The number of carbonyl (C=O) groups is 4. The molecule has 2 unspecified atom stereocenters. The van der Waals surface area contributed by atoms with Crippen LogP contribution in [-0.2, 0) is 65.4 Å². The van der Waals surface area contributed by atoms with Crippen molar-refractivity contribution in [1.82, 2.24) is 0 Å². The van der Waals surface area contributed by atoms with Crippen molar-refractivity contribution < 1.29 is 80.2 Å². The Hall–Kier alpha value is -5.58. The highest BCUT2D eigenvalue weighted by atomic mass is 31.2. The molecule has 0 aliphatic carbocycles. The minimum Gasteiger partial charge on any atom is -0.462 e. The number of ether oxygens (including phenoxy) is 4. The van der Waals surface area contributed by atoms with Crippen LogP contribution in [0.15, 0.2) is 170 Å². The first-order chi connectivity index (χ1) is 51.7. The summed E-state index contributed by atoms with van der Waals surface area (Å²) < 4.78 is 68.4. The summed E-state index contributed by atoms with van der Waals surface area (Å²) in [5.41, 5.74) is 0. The Morgan fingerprint density at radius 2 is 0.509 bits per heavy atom. The normalized spacial score (nSPS) is 14.7. The molecule has 0 rings (SSSR count). The van der Waals surface area contributed by atoms with E-state index < -0.39 is 97.5 Å². The standard InChI is InChI=1S/C87H142O17P2/c1-5-9-13-17-21-25-29-33-36-38-40-42-45-48-52-56-60-64-68-72-85(90)98-78-83(103-86(91)73-69-65-61-57-53-49-44-35-31-27-23-19-15-11-7-3)80-102-106(95,96)100-76-81(88)75-99-105(93,94)101-79-82(77-97-84(89)71-67-63-59-55-51-47-32-28-24-20-16-12-8-4)104-87(92)74-70-66-62-58-54-50-46-43-41-39-37-34-30-26-22-18-14-10-6-2/h9-10,13-14,21-22,25-26,28,32-37,40-44,48,50,52,54,60,62,64,66,81-83,88H,5-8,11-12,15-20,23-24,27,29-31,38-39,45-47,49,51,53,55-59,61,63,65,67-80H2,1-4H3,(H,93,94)(H,95,96)/b13-9-,14-10-,25-21-,26-22-,32-28-,36-33-,37-34-,42-40-,43-41-,44-35-,52-48-,54-50-,64-60-,66-62-/t81-,82+,83+/m0/s1. The molecular weight excluding hydrogens is 1380 g/mol. The molecule has 0 saturated carbocycles. The highest BCUT2D eigenvalue weighted by molar-refractivity contribution is 7.47. The van der Waals surface area contributed by atoms with Crippen LogP contribution in [0.1, 0.15) is 297 Å². The number of rotatable bonds is 74. The van der Waals surface area contributed by atoms with Crippen molar-refractivity contribution in [3.63, 3.8) is 0 Å². The van der Waals surface area contributed by atoms with Gasteiger partial charge in [0.2, 0.25) is 0 Å². The summed E-state index contributed by atoms with van der Waals surface area (Å²) in [6.45, 7) is 4.43. The van der Waals surface area contributed by atoms with Crippen LogP contribution in [0.3, 0.4) is 0 Å². The topological polar surface area (TPSA) is 237 Å². The lowest BCUT2D eigenvalue weighted by Gasteiger charge is -2.21. The maximum atomic E-state index is 13.1. The zero-order valence-corrected chi connectivity index (χ0v) is 67.6. The van der Waals surface area contributed by atoms with Crippen LogP contribution < -0.4 is 0 Å². The van der Waals surface area contributed by atoms with Gasteiger partial charge in [-0.05, 0) is 154 Å². The number of phosphoric acid groups is 2. The molecule has 0 bridgehead atoms. The van der Waals surface area contributed by atoms with Gasteiger partial charge in [-0.3, -0.25) is 37.3 Å². The third-order valence-corrected chi connectivity index (χ3v) is 18.1. The molecular formula is C87H142O17P2. The van der Waals surface area contributed by atoms with Crippen LogP contribution in [0.4, 0.5) is 0 Å². The predicted octanol–water partition coefficient (Wildman–Crippen LogP) is 23.8. The van der Waals surface area contributed by atoms with E-state index in [-0.39, 0.29) is 25.7 Å². The number of hydrogen-bond donors (Lipinski definition) is 3. The molecule has 0 fully saturated rings. The number of esters is 4. The summed E-state index contributed by atoms with van der Waals surface area (Å²) in [6, 6.07) is 0. The second kappa shape index (κ2) is 77.6. The number of aliphatic hydroxyl groups excluding tert-OH is 1. The average Bonchev–Trinajstić information content (AvgIpc) is 0.902.